The number of likely N-dealkylation sites (N-methyl/N-ethyl adjacent to an activating group) is 1. The van der Waals surface area contributed by atoms with E-state index < -0.39 is 24.9 Å². The van der Waals surface area contributed by atoms with Crippen LogP contribution in [0.25, 0.3) is 10.9 Å². The van der Waals surface area contributed by atoms with Crippen molar-refractivity contribution >= 4 is 17.0 Å². The highest BCUT2D eigenvalue weighted by Gasteiger charge is 2.22. The third-order valence-electron chi connectivity index (χ3n) is 3.16. The smallest absolute Gasteiger partial charge is 0.407 e. The molecule has 1 aromatic carbocycles. The highest BCUT2D eigenvalue weighted by Crippen LogP contribution is 2.21. The molecule has 1 fully saturated rings. The van der Waals surface area contributed by atoms with Gasteiger partial charge in [0.15, 0.2) is 2.82 Å². The summed E-state index contributed by atoms with van der Waals surface area (Å²) in [5.41, 5.74) is 0.942. The molecule has 1 aliphatic heterocycles. The maximum atomic E-state index is 11.4. The summed E-state index contributed by atoms with van der Waals surface area (Å²) in [5, 5.41) is 0.923. The van der Waals surface area contributed by atoms with Gasteiger partial charge in [-0.1, -0.05) is 6.07 Å². The molecule has 0 aliphatic carbocycles. The molecule has 1 amide bonds. The Hall–Kier alpha value is -2.01. The summed E-state index contributed by atoms with van der Waals surface area (Å²) in [6, 6.07) is 3.44. The van der Waals surface area contributed by atoms with E-state index in [1.165, 1.54) is 18.3 Å². The zero-order chi connectivity index (χ0) is 20.1. The first kappa shape index (κ1) is 8.44. The Bertz CT molecular complexity index is 882. The summed E-state index contributed by atoms with van der Waals surface area (Å²) in [7, 11) is 3.50. The second-order valence-corrected chi connectivity index (χ2v) is 5.18. The fourth-order valence-electron chi connectivity index (χ4n) is 2.16. The van der Waals surface area contributed by atoms with Gasteiger partial charge in [0.1, 0.15) is 6.61 Å². The van der Waals surface area contributed by atoms with Gasteiger partial charge in [0, 0.05) is 29.1 Å². The predicted molar refractivity (Wildman–Crippen MR) is 82.5 cm³/mol. The molecular formula is C16H21N3O2. The van der Waals surface area contributed by atoms with Crippen LogP contribution in [0.2, 0.25) is 2.82 Å². The summed E-state index contributed by atoms with van der Waals surface area (Å²) in [4.78, 5) is 14.2. The molecule has 0 bridgehead atoms. The van der Waals surface area contributed by atoms with Crippen LogP contribution in [0.3, 0.4) is 0 Å². The Morgan fingerprint density at radius 2 is 2.38 bits per heavy atom. The van der Waals surface area contributed by atoms with E-state index in [1.807, 2.05) is 0 Å². The van der Waals surface area contributed by atoms with Gasteiger partial charge in [0.2, 0.25) is 0 Å². The van der Waals surface area contributed by atoms with Crippen LogP contribution in [0, 0.1) is 0 Å². The number of aromatic nitrogens is 1. The van der Waals surface area contributed by atoms with E-state index in [0.717, 1.165) is 4.98 Å². The number of fused-ring (bicyclic) bond motifs is 1. The number of aromatic amines is 1. The largest absolute Gasteiger partial charge is 0.447 e. The minimum atomic E-state index is -2.07. The van der Waals surface area contributed by atoms with Crippen LogP contribution in [-0.2, 0) is 17.5 Å². The topological polar surface area (TPSA) is 57.4 Å². The quantitative estimate of drug-likeness (QED) is 0.885. The molecule has 1 atom stereocenters. The van der Waals surface area contributed by atoms with Crippen molar-refractivity contribution in [1.82, 2.24) is 15.2 Å². The third kappa shape index (κ3) is 3.19. The number of benzene rings is 1. The first-order valence-electron chi connectivity index (χ1n) is 9.59. The lowest BCUT2D eigenvalue weighted by Crippen LogP contribution is -2.28. The summed E-state index contributed by atoms with van der Waals surface area (Å²) in [6.07, 6.45) is -3.32. The number of cyclic esters (lactones) is 1. The number of carbonyl (C=O) groups excluding carboxylic acids is 1. The van der Waals surface area contributed by atoms with Crippen LogP contribution < -0.4 is 5.31 Å². The van der Waals surface area contributed by atoms with Crippen molar-refractivity contribution in [1.29, 1.82) is 0 Å². The number of nitrogens with one attached hydrogen (secondary N) is 2. The van der Waals surface area contributed by atoms with Crippen molar-refractivity contribution in [2.45, 2.75) is 18.8 Å². The van der Waals surface area contributed by atoms with Crippen LogP contribution in [0.4, 0.5) is 4.79 Å². The molecule has 2 aromatic rings. The zero-order valence-corrected chi connectivity index (χ0v) is 12.0. The fourth-order valence-corrected chi connectivity index (χ4v) is 2.16. The summed E-state index contributed by atoms with van der Waals surface area (Å²) >= 11 is 0. The van der Waals surface area contributed by atoms with Gasteiger partial charge in [-0.2, -0.15) is 0 Å². The highest BCUT2D eigenvalue weighted by atomic mass is 16.6. The van der Waals surface area contributed by atoms with Crippen molar-refractivity contribution < 1.29 is 17.8 Å². The molecule has 2 heterocycles. The molecule has 5 nitrogen and oxygen atoms in total. The number of carbonyl (C=O) groups is 1. The normalized spacial score (nSPS) is 24.2. The molecule has 0 spiro atoms. The molecule has 0 radical (unpaired) electrons. The minimum Gasteiger partial charge on any atom is -0.447 e. The van der Waals surface area contributed by atoms with Gasteiger partial charge in [-0.25, -0.2) is 4.79 Å². The molecule has 1 saturated heterocycles. The number of nitrogens with zero attached hydrogens (tertiary/aromatic N) is 1. The minimum absolute atomic E-state index is 0.106. The predicted octanol–water partition coefficient (Wildman–Crippen LogP) is 1.92. The highest BCUT2D eigenvalue weighted by molar-refractivity contribution is 5.84. The van der Waals surface area contributed by atoms with Crippen molar-refractivity contribution in [2.24, 2.45) is 0 Å². The maximum Gasteiger partial charge on any atom is 0.407 e. The number of rotatable bonds is 5. The van der Waals surface area contributed by atoms with E-state index in [0.29, 0.717) is 21.8 Å². The Kier molecular flexibility index (Phi) is 2.32. The van der Waals surface area contributed by atoms with Crippen LogP contribution in [0.1, 0.15) is 16.6 Å². The Morgan fingerprint density at radius 1 is 1.52 bits per heavy atom. The molecule has 0 unspecified atom stereocenters. The molecule has 2 N–H and O–H groups in total. The van der Waals surface area contributed by atoms with E-state index in [2.05, 4.69) is 0 Å². The number of hydrogen-bond donors (Lipinski definition) is 2. The first-order valence-corrected chi connectivity index (χ1v) is 6.70. The van der Waals surface area contributed by atoms with Crippen molar-refractivity contribution in [3.8, 4) is 0 Å². The van der Waals surface area contributed by atoms with E-state index in [4.69, 9.17) is 13.0 Å². The summed E-state index contributed by atoms with van der Waals surface area (Å²) in [5.74, 6) is 0. The molecule has 0 saturated carbocycles. The number of hydrogen-bond acceptors (Lipinski definition) is 3. The van der Waals surface area contributed by atoms with Gasteiger partial charge < -0.3 is 19.9 Å². The molecule has 1 aliphatic rings. The van der Waals surface area contributed by atoms with E-state index in [9.17, 15) is 4.79 Å². The van der Waals surface area contributed by atoms with Gasteiger partial charge in [0.25, 0.3) is 0 Å². The van der Waals surface area contributed by atoms with Crippen LogP contribution >= 0.6 is 0 Å². The van der Waals surface area contributed by atoms with E-state index >= 15 is 0 Å². The maximum absolute atomic E-state index is 11.4. The van der Waals surface area contributed by atoms with Crippen molar-refractivity contribution in [2.75, 3.05) is 27.2 Å². The van der Waals surface area contributed by atoms with Crippen LogP contribution in [-0.4, -0.2) is 49.3 Å². The number of H-pyrrole nitrogens is 1. The third-order valence-corrected chi connectivity index (χ3v) is 3.16. The lowest BCUT2D eigenvalue weighted by atomic mass is 10.0. The molecule has 112 valence electrons. The summed E-state index contributed by atoms with van der Waals surface area (Å²) < 4.78 is 54.1. The average Bonchev–Trinajstić information content (AvgIpc) is 3.07. The average molecular weight is 293 g/mol. The molecule has 1 aromatic heterocycles. The molecular weight excluding hydrogens is 266 g/mol. The van der Waals surface area contributed by atoms with Gasteiger partial charge >= 0.3 is 6.09 Å². The number of alkyl carbamates (subject to hydrolysis) is 1. The van der Waals surface area contributed by atoms with Crippen molar-refractivity contribution in [3.63, 3.8) is 0 Å². The monoisotopic (exact) mass is 293 g/mol. The molecule has 21 heavy (non-hydrogen) atoms. The fraction of sp³-hybridized carbons (Fsp3) is 0.438. The zero-order valence-electron chi connectivity index (χ0n) is 18.0. The first-order chi connectivity index (χ1) is 12.4. The van der Waals surface area contributed by atoms with Crippen LogP contribution in [0.15, 0.2) is 24.4 Å². The second-order valence-electron chi connectivity index (χ2n) is 5.18. The molecule has 3 rings (SSSR count). The lowest BCUT2D eigenvalue weighted by molar-refractivity contribution is 0.177. The Balaban J connectivity index is 2.09. The van der Waals surface area contributed by atoms with E-state index in [1.54, 1.807) is 25.1 Å². The Labute approximate surface area is 132 Å². The van der Waals surface area contributed by atoms with Gasteiger partial charge in [-0.15, -0.1) is 0 Å². The van der Waals surface area contributed by atoms with E-state index in [-0.39, 0.29) is 18.7 Å². The number of ether oxygens (including phenoxy) is 1. The SMILES string of the molecule is [2H]N1C(=O)OC[C@@H]1C([2H])([2H])c1ccc2c(c1)c(C([2H])([2H])CN(C)C)cn2[2H]. The number of amides is 1. The van der Waals surface area contributed by atoms with Gasteiger partial charge in [-0.05, 0) is 50.1 Å². The van der Waals surface area contributed by atoms with Gasteiger partial charge in [-0.3, -0.25) is 0 Å². The second kappa shape index (κ2) is 5.77. The van der Waals surface area contributed by atoms with Crippen LogP contribution in [0.5, 0.6) is 0 Å². The molecule has 5 heteroatoms. The Morgan fingerprint density at radius 3 is 3.10 bits per heavy atom. The standard InChI is InChI=1S/C16H21N3O2/c1-19(2)6-5-12-9-17-15-4-3-11(8-14(12)15)7-13-10-21-16(20)18-13/h3-4,8-9,13,17H,5-7,10H2,1-2H3,(H,18,20)/t13-/m0/s1/i5D2,7D2/hD2. The van der Waals surface area contributed by atoms with Crippen molar-refractivity contribution in [3.05, 3.63) is 35.5 Å². The van der Waals surface area contributed by atoms with Gasteiger partial charge in [0.05, 0.1) is 6.04 Å². The lowest BCUT2D eigenvalue weighted by Gasteiger charge is -2.09. The summed E-state index contributed by atoms with van der Waals surface area (Å²) in [6.45, 7) is -0.129.